The zero-order valence-corrected chi connectivity index (χ0v) is 13.9. The van der Waals surface area contributed by atoms with Crippen molar-refractivity contribution >= 4 is 5.97 Å². The molecule has 0 aromatic heterocycles. The quantitative estimate of drug-likeness (QED) is 0.591. The lowest BCUT2D eigenvalue weighted by molar-refractivity contribution is -0.323. The van der Waals surface area contributed by atoms with Gasteiger partial charge in [-0.2, -0.15) is 17.6 Å². The number of esters is 1. The number of ether oxygens (including phenoxy) is 3. The molecule has 0 N–H and O–H groups in total. The number of carbonyl (C=O) groups excluding carboxylic acids is 1. The molecule has 0 spiro atoms. The van der Waals surface area contributed by atoms with Gasteiger partial charge in [-0.05, 0) is 23.3 Å². The molecule has 4 nitrogen and oxygen atoms in total. The second kappa shape index (κ2) is 5.87. The lowest BCUT2D eigenvalue weighted by atomic mass is 9.58. The summed E-state index contributed by atoms with van der Waals surface area (Å²) in [7, 11) is 0. The fourth-order valence-electron chi connectivity index (χ4n) is 3.37. The first-order chi connectivity index (χ1) is 12.8. The van der Waals surface area contributed by atoms with E-state index < -0.39 is 29.7 Å². The summed E-state index contributed by atoms with van der Waals surface area (Å²) in [6.45, 7) is -0.412. The molecule has 4 rings (SSSR count). The van der Waals surface area contributed by atoms with Crippen molar-refractivity contribution in [1.82, 2.24) is 0 Å². The summed E-state index contributed by atoms with van der Waals surface area (Å²) in [6, 6.07) is 12.0. The summed E-state index contributed by atoms with van der Waals surface area (Å²) >= 11 is 0. The van der Waals surface area contributed by atoms with Gasteiger partial charge in [0.15, 0.2) is 16.9 Å². The zero-order chi connectivity index (χ0) is 19.3. The minimum Gasteiger partial charge on any atom is -0.460 e. The maximum atomic E-state index is 14.5. The van der Waals surface area contributed by atoms with Crippen LogP contribution in [0.25, 0.3) is 0 Å². The second-order valence-corrected chi connectivity index (χ2v) is 6.49. The van der Waals surface area contributed by atoms with Crippen molar-refractivity contribution in [3.05, 3.63) is 59.7 Å². The molecule has 1 fully saturated rings. The number of benzene rings is 2. The van der Waals surface area contributed by atoms with Gasteiger partial charge < -0.3 is 14.2 Å². The number of carbonyl (C=O) groups is 1. The number of alkyl halides is 4. The second-order valence-electron chi connectivity index (χ2n) is 6.49. The standard InChI is InChI=1S/C19H14F4O4/c20-18(21)10-17(19(18,22)23,13-6-7-14-15(8-13)27-11-26-14)16(24)25-9-12-4-2-1-3-5-12/h1-8H,9-11H2. The maximum absolute atomic E-state index is 14.5. The summed E-state index contributed by atoms with van der Waals surface area (Å²) in [4.78, 5) is 12.6. The van der Waals surface area contributed by atoms with Crippen LogP contribution in [0.5, 0.6) is 11.5 Å². The highest BCUT2D eigenvalue weighted by Gasteiger charge is 2.84. The van der Waals surface area contributed by atoms with E-state index in [-0.39, 0.29) is 24.7 Å². The normalized spacial score (nSPS) is 24.1. The Kier molecular flexibility index (Phi) is 3.83. The molecule has 1 heterocycles. The molecule has 1 saturated carbocycles. The molecule has 8 heteroatoms. The molecule has 1 unspecified atom stereocenters. The first-order valence-electron chi connectivity index (χ1n) is 8.15. The average Bonchev–Trinajstić information content (AvgIpc) is 3.12. The average molecular weight is 382 g/mol. The molecule has 0 bridgehead atoms. The third-order valence-electron chi connectivity index (χ3n) is 4.91. The van der Waals surface area contributed by atoms with Crippen molar-refractivity contribution in [2.24, 2.45) is 0 Å². The Morgan fingerprint density at radius 2 is 1.70 bits per heavy atom. The van der Waals surface area contributed by atoms with E-state index in [1.165, 1.54) is 12.1 Å². The number of fused-ring (bicyclic) bond motifs is 1. The highest BCUT2D eigenvalue weighted by atomic mass is 19.3. The van der Waals surface area contributed by atoms with E-state index in [9.17, 15) is 22.4 Å². The van der Waals surface area contributed by atoms with Crippen LogP contribution in [0.3, 0.4) is 0 Å². The van der Waals surface area contributed by atoms with Crippen molar-refractivity contribution < 1.29 is 36.6 Å². The Balaban J connectivity index is 1.69. The lowest BCUT2D eigenvalue weighted by Crippen LogP contribution is -2.72. The smallest absolute Gasteiger partial charge is 0.330 e. The molecule has 0 radical (unpaired) electrons. The molecule has 2 aromatic carbocycles. The van der Waals surface area contributed by atoms with E-state index in [0.29, 0.717) is 11.3 Å². The van der Waals surface area contributed by atoms with Gasteiger partial charge in [-0.1, -0.05) is 36.4 Å². The first-order valence-corrected chi connectivity index (χ1v) is 8.15. The summed E-state index contributed by atoms with van der Waals surface area (Å²) in [6.07, 6.45) is -1.35. The van der Waals surface area contributed by atoms with E-state index in [2.05, 4.69) is 0 Å². The van der Waals surface area contributed by atoms with E-state index in [1.807, 2.05) is 0 Å². The Morgan fingerprint density at radius 1 is 1.00 bits per heavy atom. The SMILES string of the molecule is O=C(OCc1ccccc1)C1(c2ccc3c(c2)OCO3)CC(F)(F)C1(F)F. The number of rotatable bonds is 4. The van der Waals surface area contributed by atoms with Gasteiger partial charge in [0.1, 0.15) is 6.61 Å². The van der Waals surface area contributed by atoms with Crippen LogP contribution in [0.2, 0.25) is 0 Å². The van der Waals surface area contributed by atoms with Crippen LogP contribution in [0.15, 0.2) is 48.5 Å². The number of hydrogen-bond donors (Lipinski definition) is 0. The van der Waals surface area contributed by atoms with Crippen LogP contribution < -0.4 is 9.47 Å². The summed E-state index contributed by atoms with van der Waals surface area (Å²) in [5.74, 6) is -9.90. The maximum Gasteiger partial charge on any atom is 0.330 e. The molecule has 1 atom stereocenters. The molecular formula is C19H14F4O4. The topological polar surface area (TPSA) is 44.8 Å². The van der Waals surface area contributed by atoms with Gasteiger partial charge in [0, 0.05) is 6.42 Å². The van der Waals surface area contributed by atoms with Gasteiger partial charge >= 0.3 is 17.8 Å². The van der Waals surface area contributed by atoms with Gasteiger partial charge in [-0.15, -0.1) is 0 Å². The molecule has 2 aliphatic rings. The molecule has 1 aliphatic carbocycles. The van der Waals surface area contributed by atoms with Crippen LogP contribution >= 0.6 is 0 Å². The minimum atomic E-state index is -4.60. The summed E-state index contributed by atoms with van der Waals surface area (Å²) in [5, 5.41) is 0. The molecule has 0 saturated heterocycles. The molecule has 142 valence electrons. The highest BCUT2D eigenvalue weighted by molar-refractivity contribution is 5.87. The molecule has 1 aliphatic heterocycles. The highest BCUT2D eigenvalue weighted by Crippen LogP contribution is 2.65. The number of halogens is 4. The van der Waals surface area contributed by atoms with Crippen molar-refractivity contribution in [3.63, 3.8) is 0 Å². The summed E-state index contributed by atoms with van der Waals surface area (Å²) in [5.41, 5.74) is -2.52. The van der Waals surface area contributed by atoms with Crippen molar-refractivity contribution in [2.45, 2.75) is 30.3 Å². The first kappa shape index (κ1) is 17.6. The van der Waals surface area contributed by atoms with Crippen LogP contribution in [0.4, 0.5) is 17.6 Å². The van der Waals surface area contributed by atoms with Gasteiger partial charge in [0.25, 0.3) is 0 Å². The van der Waals surface area contributed by atoms with Crippen molar-refractivity contribution in [2.75, 3.05) is 6.79 Å². The minimum absolute atomic E-state index is 0.114. The Bertz CT molecular complexity index is 885. The van der Waals surface area contributed by atoms with Crippen molar-refractivity contribution in [3.8, 4) is 11.5 Å². The van der Waals surface area contributed by atoms with Gasteiger partial charge in [0.2, 0.25) is 6.79 Å². The lowest BCUT2D eigenvalue weighted by Gasteiger charge is -2.51. The van der Waals surface area contributed by atoms with Gasteiger partial charge in [-0.3, -0.25) is 4.79 Å². The third-order valence-corrected chi connectivity index (χ3v) is 4.91. The molecule has 2 aromatic rings. The predicted molar refractivity (Wildman–Crippen MR) is 85.0 cm³/mol. The predicted octanol–water partition coefficient (Wildman–Crippen LogP) is 4.07. The summed E-state index contributed by atoms with van der Waals surface area (Å²) < 4.78 is 71.7. The Hall–Kier alpha value is -2.77. The molecular weight excluding hydrogens is 368 g/mol. The van der Waals surface area contributed by atoms with E-state index >= 15 is 0 Å². The fourth-order valence-corrected chi connectivity index (χ4v) is 3.37. The largest absolute Gasteiger partial charge is 0.460 e. The van der Waals surface area contributed by atoms with Crippen LogP contribution in [0.1, 0.15) is 17.5 Å². The van der Waals surface area contributed by atoms with Crippen LogP contribution in [0, 0.1) is 0 Å². The van der Waals surface area contributed by atoms with Crippen molar-refractivity contribution in [1.29, 1.82) is 0 Å². The third kappa shape index (κ3) is 2.46. The molecule has 27 heavy (non-hydrogen) atoms. The molecule has 0 amide bonds. The van der Waals surface area contributed by atoms with E-state index in [0.717, 1.165) is 6.07 Å². The Labute approximate surface area is 151 Å². The fraction of sp³-hybridized carbons (Fsp3) is 0.316. The van der Waals surface area contributed by atoms with Crippen LogP contribution in [-0.4, -0.2) is 24.6 Å². The van der Waals surface area contributed by atoms with E-state index in [4.69, 9.17) is 14.2 Å². The number of hydrogen-bond acceptors (Lipinski definition) is 4. The Morgan fingerprint density at radius 3 is 2.37 bits per heavy atom. The van der Waals surface area contributed by atoms with E-state index in [1.54, 1.807) is 30.3 Å². The van der Waals surface area contributed by atoms with Crippen LogP contribution in [-0.2, 0) is 21.6 Å². The van der Waals surface area contributed by atoms with Gasteiger partial charge in [0.05, 0.1) is 0 Å². The zero-order valence-electron chi connectivity index (χ0n) is 13.9. The monoisotopic (exact) mass is 382 g/mol. The van der Waals surface area contributed by atoms with Gasteiger partial charge in [-0.25, -0.2) is 0 Å².